The minimum atomic E-state index is 0.663. The van der Waals surface area contributed by atoms with Crippen molar-refractivity contribution in [3.8, 4) is 11.4 Å². The summed E-state index contributed by atoms with van der Waals surface area (Å²) in [5, 5.41) is 10.5. The lowest BCUT2D eigenvalue weighted by Gasteiger charge is -2.31. The normalized spacial score (nSPS) is 19.2. The molecular weight excluding hydrogens is 254 g/mol. The number of anilines is 1. The first-order valence-electron chi connectivity index (χ1n) is 6.94. The van der Waals surface area contributed by atoms with E-state index in [1.165, 1.54) is 19.2 Å². The SMILES string of the molecule is CNCC1CCCN(c2n[nH]c(-c3cncnc3)n2)C1. The molecule has 2 N–H and O–H groups in total. The molecule has 7 heteroatoms. The van der Waals surface area contributed by atoms with Crippen LogP contribution in [0.3, 0.4) is 0 Å². The molecule has 106 valence electrons. The maximum Gasteiger partial charge on any atom is 0.245 e. The van der Waals surface area contributed by atoms with E-state index in [2.05, 4.69) is 35.4 Å². The van der Waals surface area contributed by atoms with Gasteiger partial charge in [-0.2, -0.15) is 4.98 Å². The zero-order chi connectivity index (χ0) is 13.8. The molecule has 2 aromatic heterocycles. The van der Waals surface area contributed by atoms with Crippen LogP contribution in [0.25, 0.3) is 11.4 Å². The van der Waals surface area contributed by atoms with Crippen molar-refractivity contribution in [3.63, 3.8) is 0 Å². The van der Waals surface area contributed by atoms with Crippen LogP contribution in [-0.4, -0.2) is 51.8 Å². The molecule has 3 heterocycles. The Labute approximate surface area is 117 Å². The summed E-state index contributed by atoms with van der Waals surface area (Å²) in [5.74, 6) is 2.15. The van der Waals surface area contributed by atoms with Gasteiger partial charge in [0, 0.05) is 25.5 Å². The number of rotatable bonds is 4. The molecule has 0 radical (unpaired) electrons. The molecule has 3 rings (SSSR count). The van der Waals surface area contributed by atoms with E-state index in [4.69, 9.17) is 0 Å². The summed E-state index contributed by atoms with van der Waals surface area (Å²) >= 11 is 0. The molecule has 0 aromatic carbocycles. The monoisotopic (exact) mass is 273 g/mol. The first-order valence-corrected chi connectivity index (χ1v) is 6.94. The second kappa shape index (κ2) is 5.96. The fourth-order valence-corrected chi connectivity index (χ4v) is 2.65. The van der Waals surface area contributed by atoms with E-state index >= 15 is 0 Å². The number of nitrogens with zero attached hydrogens (tertiary/aromatic N) is 5. The Bertz CT molecular complexity index is 537. The van der Waals surface area contributed by atoms with Crippen LogP contribution < -0.4 is 10.2 Å². The lowest BCUT2D eigenvalue weighted by molar-refractivity contribution is 0.399. The van der Waals surface area contributed by atoms with Gasteiger partial charge in [0.25, 0.3) is 0 Å². The maximum atomic E-state index is 4.56. The van der Waals surface area contributed by atoms with Gasteiger partial charge in [-0.1, -0.05) is 0 Å². The van der Waals surface area contributed by atoms with Crippen LogP contribution in [-0.2, 0) is 0 Å². The summed E-state index contributed by atoms with van der Waals surface area (Å²) in [5.41, 5.74) is 0.857. The Morgan fingerprint density at radius 3 is 3.05 bits per heavy atom. The molecule has 1 aliphatic heterocycles. The summed E-state index contributed by atoms with van der Waals surface area (Å²) in [4.78, 5) is 14.8. The third kappa shape index (κ3) is 2.77. The third-order valence-electron chi connectivity index (χ3n) is 3.60. The van der Waals surface area contributed by atoms with Crippen molar-refractivity contribution in [3.05, 3.63) is 18.7 Å². The van der Waals surface area contributed by atoms with Crippen molar-refractivity contribution in [2.45, 2.75) is 12.8 Å². The Morgan fingerprint density at radius 1 is 1.40 bits per heavy atom. The molecule has 0 aliphatic carbocycles. The Hall–Kier alpha value is -2.02. The molecule has 0 bridgehead atoms. The highest BCUT2D eigenvalue weighted by Crippen LogP contribution is 2.21. The number of aromatic amines is 1. The van der Waals surface area contributed by atoms with Gasteiger partial charge in [-0.25, -0.2) is 9.97 Å². The number of nitrogens with one attached hydrogen (secondary N) is 2. The minimum absolute atomic E-state index is 0.663. The topological polar surface area (TPSA) is 82.6 Å². The van der Waals surface area contributed by atoms with Gasteiger partial charge in [0.2, 0.25) is 5.95 Å². The molecule has 1 fully saturated rings. The van der Waals surface area contributed by atoms with Gasteiger partial charge in [0.05, 0.1) is 5.56 Å². The molecule has 1 unspecified atom stereocenters. The molecule has 20 heavy (non-hydrogen) atoms. The van der Waals surface area contributed by atoms with E-state index < -0.39 is 0 Å². The van der Waals surface area contributed by atoms with Crippen LogP contribution in [0.5, 0.6) is 0 Å². The van der Waals surface area contributed by atoms with E-state index in [1.54, 1.807) is 12.4 Å². The summed E-state index contributed by atoms with van der Waals surface area (Å²) in [6.07, 6.45) is 7.42. The molecule has 7 nitrogen and oxygen atoms in total. The van der Waals surface area contributed by atoms with E-state index in [0.29, 0.717) is 5.92 Å². The van der Waals surface area contributed by atoms with Crippen LogP contribution >= 0.6 is 0 Å². The Balaban J connectivity index is 1.73. The second-order valence-corrected chi connectivity index (χ2v) is 5.12. The maximum absolute atomic E-state index is 4.56. The second-order valence-electron chi connectivity index (χ2n) is 5.12. The average Bonchev–Trinajstić information content (AvgIpc) is 2.99. The van der Waals surface area contributed by atoms with Crippen molar-refractivity contribution < 1.29 is 0 Å². The zero-order valence-electron chi connectivity index (χ0n) is 11.6. The van der Waals surface area contributed by atoms with Gasteiger partial charge in [0.1, 0.15) is 6.33 Å². The standard InChI is InChI=1S/C13H19N7/c1-14-5-10-3-2-4-20(8-10)13-17-12(18-19-13)11-6-15-9-16-7-11/h6-7,9-10,14H,2-5,8H2,1H3,(H,17,18,19). The fraction of sp³-hybridized carbons (Fsp3) is 0.538. The van der Waals surface area contributed by atoms with Gasteiger partial charge in [-0.15, -0.1) is 5.10 Å². The highest BCUT2D eigenvalue weighted by Gasteiger charge is 2.22. The first kappa shape index (κ1) is 13.0. The van der Waals surface area contributed by atoms with Crippen molar-refractivity contribution in [1.82, 2.24) is 30.5 Å². The van der Waals surface area contributed by atoms with E-state index in [-0.39, 0.29) is 0 Å². The van der Waals surface area contributed by atoms with Gasteiger partial charge in [-0.05, 0) is 32.4 Å². The quantitative estimate of drug-likeness (QED) is 0.853. The minimum Gasteiger partial charge on any atom is -0.339 e. The summed E-state index contributed by atoms with van der Waals surface area (Å²) in [6, 6.07) is 0. The van der Waals surface area contributed by atoms with Crippen LogP contribution in [0.15, 0.2) is 18.7 Å². The summed E-state index contributed by atoms with van der Waals surface area (Å²) in [6.45, 7) is 3.06. The molecule has 0 spiro atoms. The van der Waals surface area contributed by atoms with Crippen molar-refractivity contribution in [2.75, 3.05) is 31.6 Å². The van der Waals surface area contributed by atoms with Crippen molar-refractivity contribution in [1.29, 1.82) is 0 Å². The van der Waals surface area contributed by atoms with E-state index in [1.807, 2.05) is 7.05 Å². The molecule has 0 amide bonds. The molecule has 1 saturated heterocycles. The van der Waals surface area contributed by atoms with Crippen molar-refractivity contribution in [2.24, 2.45) is 5.92 Å². The molecule has 2 aromatic rings. The Morgan fingerprint density at radius 2 is 2.25 bits per heavy atom. The van der Waals surface area contributed by atoms with Crippen LogP contribution in [0, 0.1) is 5.92 Å². The zero-order valence-corrected chi connectivity index (χ0v) is 11.6. The van der Waals surface area contributed by atoms with Gasteiger partial charge in [-0.3, -0.25) is 5.10 Å². The molecule has 0 saturated carbocycles. The number of hydrogen-bond acceptors (Lipinski definition) is 6. The summed E-state index contributed by atoms with van der Waals surface area (Å²) in [7, 11) is 2.00. The van der Waals surface area contributed by atoms with Crippen molar-refractivity contribution >= 4 is 5.95 Å². The van der Waals surface area contributed by atoms with Gasteiger partial charge in [0.15, 0.2) is 5.82 Å². The average molecular weight is 273 g/mol. The van der Waals surface area contributed by atoms with Crippen LogP contribution in [0.4, 0.5) is 5.95 Å². The largest absolute Gasteiger partial charge is 0.339 e. The lowest BCUT2D eigenvalue weighted by Crippen LogP contribution is -2.39. The van der Waals surface area contributed by atoms with Crippen LogP contribution in [0.2, 0.25) is 0 Å². The first-order chi connectivity index (χ1) is 9.86. The number of piperidine rings is 1. The predicted octanol–water partition coefficient (Wildman–Crippen LogP) is 0.697. The predicted molar refractivity (Wildman–Crippen MR) is 76.3 cm³/mol. The molecule has 1 aliphatic rings. The van der Waals surface area contributed by atoms with Crippen LogP contribution in [0.1, 0.15) is 12.8 Å². The highest BCUT2D eigenvalue weighted by molar-refractivity contribution is 5.53. The van der Waals surface area contributed by atoms with E-state index in [0.717, 1.165) is 37.0 Å². The molecular formula is C13H19N7. The number of H-pyrrole nitrogens is 1. The summed E-state index contributed by atoms with van der Waals surface area (Å²) < 4.78 is 0. The third-order valence-corrected chi connectivity index (χ3v) is 3.60. The Kier molecular flexibility index (Phi) is 3.87. The smallest absolute Gasteiger partial charge is 0.245 e. The van der Waals surface area contributed by atoms with Gasteiger partial charge >= 0.3 is 0 Å². The molecule has 1 atom stereocenters. The van der Waals surface area contributed by atoms with Gasteiger partial charge < -0.3 is 10.2 Å². The van der Waals surface area contributed by atoms with E-state index in [9.17, 15) is 0 Å². The highest BCUT2D eigenvalue weighted by atomic mass is 15.4. The lowest BCUT2D eigenvalue weighted by atomic mass is 9.98. The number of aromatic nitrogens is 5. The fourth-order valence-electron chi connectivity index (χ4n) is 2.65. The number of hydrogen-bond donors (Lipinski definition) is 2.